The van der Waals surface area contributed by atoms with Crippen LogP contribution < -0.4 is 11.1 Å². The largest absolute Gasteiger partial charge is 0.481 e. The Bertz CT molecular complexity index is 494. The maximum absolute atomic E-state index is 11.9. The van der Waals surface area contributed by atoms with Crippen LogP contribution in [-0.2, 0) is 11.3 Å². The van der Waals surface area contributed by atoms with Crippen molar-refractivity contribution >= 4 is 11.9 Å². The van der Waals surface area contributed by atoms with Gasteiger partial charge in [-0.05, 0) is 31.6 Å². The number of carboxylic acids is 1. The molecule has 1 aromatic heterocycles. The number of hydrogen-bond acceptors (Lipinski definition) is 5. The van der Waals surface area contributed by atoms with Gasteiger partial charge in [0.1, 0.15) is 0 Å². The van der Waals surface area contributed by atoms with Crippen molar-refractivity contribution in [3.05, 3.63) is 11.9 Å². The summed E-state index contributed by atoms with van der Waals surface area (Å²) in [6, 6.07) is 0. The lowest BCUT2D eigenvalue weighted by Gasteiger charge is -2.25. The van der Waals surface area contributed by atoms with Gasteiger partial charge in [0.25, 0.3) is 5.91 Å². The number of amides is 1. The van der Waals surface area contributed by atoms with Crippen molar-refractivity contribution in [3.63, 3.8) is 0 Å². The van der Waals surface area contributed by atoms with Gasteiger partial charge in [0, 0.05) is 13.1 Å². The number of carboxylic acid groups (broad SMARTS) is 1. The van der Waals surface area contributed by atoms with E-state index in [1.807, 2.05) is 0 Å². The highest BCUT2D eigenvalue weighted by molar-refractivity contribution is 5.91. The Morgan fingerprint density at radius 2 is 2.10 bits per heavy atom. The van der Waals surface area contributed by atoms with Crippen LogP contribution in [0.3, 0.4) is 0 Å². The normalized spacial score (nSPS) is 22.0. The fourth-order valence-electron chi connectivity index (χ4n) is 2.59. The smallest absolute Gasteiger partial charge is 0.306 e. The maximum atomic E-state index is 11.9. The number of hydrogen-bond donors (Lipinski definition) is 3. The third-order valence-electron chi connectivity index (χ3n) is 3.88. The third-order valence-corrected chi connectivity index (χ3v) is 3.88. The van der Waals surface area contributed by atoms with Crippen LogP contribution in [0.2, 0.25) is 0 Å². The summed E-state index contributed by atoms with van der Waals surface area (Å²) in [7, 11) is 0. The molecule has 1 aliphatic carbocycles. The Hall–Kier alpha value is -1.96. The average molecular weight is 295 g/mol. The molecule has 1 saturated carbocycles. The van der Waals surface area contributed by atoms with Gasteiger partial charge >= 0.3 is 5.97 Å². The fraction of sp³-hybridized carbons (Fsp3) is 0.692. The molecule has 0 unspecified atom stereocenters. The lowest BCUT2D eigenvalue weighted by Crippen LogP contribution is -2.32. The van der Waals surface area contributed by atoms with Gasteiger partial charge in [0.2, 0.25) is 0 Å². The Kier molecular flexibility index (Phi) is 5.26. The van der Waals surface area contributed by atoms with E-state index in [1.54, 1.807) is 6.20 Å². The zero-order valence-corrected chi connectivity index (χ0v) is 11.9. The first-order valence-corrected chi connectivity index (χ1v) is 7.21. The lowest BCUT2D eigenvalue weighted by atomic mass is 9.82. The van der Waals surface area contributed by atoms with E-state index in [2.05, 4.69) is 15.6 Å². The van der Waals surface area contributed by atoms with E-state index in [1.165, 1.54) is 4.68 Å². The van der Waals surface area contributed by atoms with Crippen LogP contribution in [-0.4, -0.2) is 45.1 Å². The summed E-state index contributed by atoms with van der Waals surface area (Å²) in [6.45, 7) is 1.52. The number of aromatic nitrogens is 3. The molecule has 0 bridgehead atoms. The average Bonchev–Trinajstić information content (AvgIpc) is 2.94. The standard InChI is InChI=1S/C13H21N5O3/c14-5-6-18-8-11(16-17-18)12(19)15-7-9-1-3-10(4-2-9)13(20)21/h8-10H,1-7,14H2,(H,15,19)(H,20,21). The molecule has 4 N–H and O–H groups in total. The van der Waals surface area contributed by atoms with Crippen molar-refractivity contribution in [1.82, 2.24) is 20.3 Å². The molecule has 0 aromatic carbocycles. The van der Waals surface area contributed by atoms with Gasteiger partial charge in [-0.2, -0.15) is 0 Å². The van der Waals surface area contributed by atoms with Gasteiger partial charge in [-0.1, -0.05) is 5.21 Å². The number of aliphatic carboxylic acids is 1. The second kappa shape index (κ2) is 7.16. The molecule has 8 heteroatoms. The molecule has 1 aliphatic rings. The SMILES string of the molecule is NCCn1cc(C(=O)NCC2CCC(C(=O)O)CC2)nn1. The number of carbonyl (C=O) groups is 2. The maximum Gasteiger partial charge on any atom is 0.306 e. The predicted molar refractivity (Wildman–Crippen MR) is 74.5 cm³/mol. The molecule has 1 aromatic rings. The molecule has 21 heavy (non-hydrogen) atoms. The molecule has 116 valence electrons. The summed E-state index contributed by atoms with van der Waals surface area (Å²) in [5.74, 6) is -0.857. The molecule has 0 spiro atoms. The summed E-state index contributed by atoms with van der Waals surface area (Å²) in [6.07, 6.45) is 4.60. The van der Waals surface area contributed by atoms with Crippen molar-refractivity contribution in [1.29, 1.82) is 0 Å². The van der Waals surface area contributed by atoms with E-state index < -0.39 is 5.97 Å². The Labute approximate surface area is 122 Å². The molecule has 1 heterocycles. The zero-order valence-electron chi connectivity index (χ0n) is 11.9. The van der Waals surface area contributed by atoms with Gasteiger partial charge in [0.15, 0.2) is 5.69 Å². The van der Waals surface area contributed by atoms with Gasteiger partial charge in [-0.15, -0.1) is 5.10 Å². The first-order valence-electron chi connectivity index (χ1n) is 7.21. The minimum absolute atomic E-state index is 0.229. The molecule has 2 rings (SSSR count). The molecule has 8 nitrogen and oxygen atoms in total. The summed E-state index contributed by atoms with van der Waals surface area (Å²) >= 11 is 0. The van der Waals surface area contributed by atoms with Gasteiger partial charge < -0.3 is 16.2 Å². The summed E-state index contributed by atoms with van der Waals surface area (Å²) in [4.78, 5) is 22.8. The van der Waals surface area contributed by atoms with Crippen molar-refractivity contribution in [2.45, 2.75) is 32.2 Å². The number of rotatable bonds is 6. The minimum atomic E-state index is -0.714. The van der Waals surface area contributed by atoms with Crippen LogP contribution in [0.5, 0.6) is 0 Å². The van der Waals surface area contributed by atoms with Gasteiger partial charge in [0.05, 0.1) is 18.7 Å². The highest BCUT2D eigenvalue weighted by Crippen LogP contribution is 2.28. The second-order valence-corrected chi connectivity index (χ2v) is 5.42. The predicted octanol–water partition coefficient (Wildman–Crippen LogP) is -0.142. The highest BCUT2D eigenvalue weighted by Gasteiger charge is 2.26. The monoisotopic (exact) mass is 295 g/mol. The van der Waals surface area contributed by atoms with E-state index in [4.69, 9.17) is 10.8 Å². The summed E-state index contributed by atoms with van der Waals surface area (Å²) < 4.78 is 1.53. The molecule has 0 atom stereocenters. The molecule has 0 aliphatic heterocycles. The highest BCUT2D eigenvalue weighted by atomic mass is 16.4. The van der Waals surface area contributed by atoms with E-state index in [-0.39, 0.29) is 17.5 Å². The van der Waals surface area contributed by atoms with E-state index in [0.29, 0.717) is 38.4 Å². The van der Waals surface area contributed by atoms with E-state index in [9.17, 15) is 9.59 Å². The molecular formula is C13H21N5O3. The molecule has 0 radical (unpaired) electrons. The summed E-state index contributed by atoms with van der Waals surface area (Å²) in [5, 5.41) is 19.4. The van der Waals surface area contributed by atoms with Crippen LogP contribution in [0.4, 0.5) is 0 Å². The quantitative estimate of drug-likeness (QED) is 0.671. The van der Waals surface area contributed by atoms with E-state index >= 15 is 0 Å². The van der Waals surface area contributed by atoms with Gasteiger partial charge in [-0.3, -0.25) is 14.3 Å². The number of nitrogens with two attached hydrogens (primary N) is 1. The number of nitrogens with zero attached hydrogens (tertiary/aromatic N) is 3. The van der Waals surface area contributed by atoms with Crippen molar-refractivity contribution in [2.24, 2.45) is 17.6 Å². The summed E-state index contributed by atoms with van der Waals surface area (Å²) in [5.41, 5.74) is 5.68. The number of nitrogens with one attached hydrogen (secondary N) is 1. The van der Waals surface area contributed by atoms with Crippen molar-refractivity contribution in [2.75, 3.05) is 13.1 Å². The van der Waals surface area contributed by atoms with Crippen molar-refractivity contribution < 1.29 is 14.7 Å². The Balaban J connectivity index is 1.75. The van der Waals surface area contributed by atoms with Crippen LogP contribution in [0.15, 0.2) is 6.20 Å². The van der Waals surface area contributed by atoms with Gasteiger partial charge in [-0.25, -0.2) is 0 Å². The van der Waals surface area contributed by atoms with E-state index in [0.717, 1.165) is 12.8 Å². The second-order valence-electron chi connectivity index (χ2n) is 5.42. The first kappa shape index (κ1) is 15.4. The fourth-order valence-corrected chi connectivity index (χ4v) is 2.59. The van der Waals surface area contributed by atoms with Crippen LogP contribution >= 0.6 is 0 Å². The topological polar surface area (TPSA) is 123 Å². The molecule has 1 fully saturated rings. The molecule has 1 amide bonds. The third kappa shape index (κ3) is 4.25. The molecule has 0 saturated heterocycles. The number of carbonyl (C=O) groups excluding carboxylic acids is 1. The van der Waals surface area contributed by atoms with Crippen LogP contribution in [0.25, 0.3) is 0 Å². The zero-order chi connectivity index (χ0) is 15.2. The first-order chi connectivity index (χ1) is 10.1. The Morgan fingerprint density at radius 3 is 2.71 bits per heavy atom. The lowest BCUT2D eigenvalue weighted by molar-refractivity contribution is -0.143. The minimum Gasteiger partial charge on any atom is -0.481 e. The Morgan fingerprint density at radius 1 is 1.38 bits per heavy atom. The molecular weight excluding hydrogens is 274 g/mol. The van der Waals surface area contributed by atoms with Crippen LogP contribution in [0, 0.1) is 11.8 Å². The van der Waals surface area contributed by atoms with Crippen molar-refractivity contribution in [3.8, 4) is 0 Å². The van der Waals surface area contributed by atoms with Crippen LogP contribution in [0.1, 0.15) is 36.2 Å².